The van der Waals surface area contributed by atoms with E-state index >= 15 is 0 Å². The Kier molecular flexibility index (Phi) is 3.09. The highest BCUT2D eigenvalue weighted by Crippen LogP contribution is 2.26. The maximum Gasteiger partial charge on any atom is 0.501 e. The molecule has 0 aliphatic carbocycles. The first-order valence-electron chi connectivity index (χ1n) is 4.18. The molecule has 0 aliphatic heterocycles. The van der Waals surface area contributed by atoms with Crippen LogP contribution in [0.3, 0.4) is 0 Å². The lowest BCUT2D eigenvalue weighted by molar-refractivity contribution is -0.211. The fourth-order valence-corrected chi connectivity index (χ4v) is 0.961. The number of nitriles is 1. The molecular weight excluding hydrogens is 220 g/mol. The standard InChI is InChI=1S/C10H7F2NO3/c1-6-2-3-7(5-13)4-8(6)16-10(11,12)9(14)15/h2-4H,1H3,(H,14,15). The Balaban J connectivity index is 3.06. The average Bonchev–Trinajstić information content (AvgIpc) is 2.21. The van der Waals surface area contributed by atoms with Gasteiger partial charge in [0.1, 0.15) is 5.75 Å². The zero-order valence-corrected chi connectivity index (χ0v) is 8.20. The lowest BCUT2D eigenvalue weighted by Crippen LogP contribution is -2.35. The van der Waals surface area contributed by atoms with E-state index in [1.54, 1.807) is 6.07 Å². The second-order valence-corrected chi connectivity index (χ2v) is 3.02. The topological polar surface area (TPSA) is 70.3 Å². The minimum atomic E-state index is -4.31. The second-order valence-electron chi connectivity index (χ2n) is 3.02. The lowest BCUT2D eigenvalue weighted by atomic mass is 10.1. The summed E-state index contributed by atoms with van der Waals surface area (Å²) >= 11 is 0. The summed E-state index contributed by atoms with van der Waals surface area (Å²) < 4.78 is 29.5. The van der Waals surface area contributed by atoms with Crippen molar-refractivity contribution in [1.29, 1.82) is 5.26 Å². The van der Waals surface area contributed by atoms with Gasteiger partial charge in [-0.05, 0) is 24.6 Å². The van der Waals surface area contributed by atoms with E-state index in [2.05, 4.69) is 4.74 Å². The Hall–Kier alpha value is -2.16. The predicted octanol–water partition coefficient (Wildman–Crippen LogP) is 1.92. The van der Waals surface area contributed by atoms with Gasteiger partial charge in [0.2, 0.25) is 0 Å². The first kappa shape index (κ1) is 11.9. The van der Waals surface area contributed by atoms with Crippen LogP contribution in [0.2, 0.25) is 0 Å². The van der Waals surface area contributed by atoms with E-state index in [1.165, 1.54) is 19.1 Å². The fraction of sp³-hybridized carbons (Fsp3) is 0.200. The smallest absolute Gasteiger partial charge is 0.474 e. The summed E-state index contributed by atoms with van der Waals surface area (Å²) in [5.74, 6) is -2.71. The van der Waals surface area contributed by atoms with Crippen molar-refractivity contribution in [3.8, 4) is 11.8 Å². The number of aryl methyl sites for hydroxylation is 1. The van der Waals surface area contributed by atoms with Crippen molar-refractivity contribution in [2.45, 2.75) is 13.0 Å². The van der Waals surface area contributed by atoms with Crippen LogP contribution in [0.4, 0.5) is 8.78 Å². The number of hydrogen-bond acceptors (Lipinski definition) is 3. The maximum atomic E-state index is 12.7. The molecule has 0 saturated heterocycles. The molecule has 0 aliphatic rings. The highest BCUT2D eigenvalue weighted by molar-refractivity contribution is 5.74. The van der Waals surface area contributed by atoms with Crippen molar-refractivity contribution in [1.82, 2.24) is 0 Å². The minimum Gasteiger partial charge on any atom is -0.474 e. The second kappa shape index (κ2) is 4.14. The Labute approximate surface area is 89.7 Å². The number of ether oxygens (including phenoxy) is 1. The van der Waals surface area contributed by atoms with Crippen molar-refractivity contribution >= 4 is 5.97 Å². The molecule has 0 radical (unpaired) electrons. The lowest BCUT2D eigenvalue weighted by Gasteiger charge is -2.14. The molecule has 0 heterocycles. The van der Waals surface area contributed by atoms with Gasteiger partial charge in [0, 0.05) is 0 Å². The molecule has 0 atom stereocenters. The summed E-state index contributed by atoms with van der Waals surface area (Å²) in [7, 11) is 0. The zero-order valence-electron chi connectivity index (χ0n) is 8.20. The molecule has 1 aromatic rings. The number of nitrogens with zero attached hydrogens (tertiary/aromatic N) is 1. The molecule has 84 valence electrons. The highest BCUT2D eigenvalue weighted by Gasteiger charge is 2.42. The third-order valence-electron chi connectivity index (χ3n) is 1.80. The van der Waals surface area contributed by atoms with Crippen molar-refractivity contribution in [2.75, 3.05) is 0 Å². The molecule has 0 unspecified atom stereocenters. The number of carboxylic acid groups (broad SMARTS) is 1. The number of aliphatic carboxylic acids is 1. The molecule has 0 spiro atoms. The molecule has 1 N–H and O–H groups in total. The van der Waals surface area contributed by atoms with E-state index in [1.807, 2.05) is 0 Å². The zero-order chi connectivity index (χ0) is 12.3. The number of hydrogen-bond donors (Lipinski definition) is 1. The van der Waals surface area contributed by atoms with Gasteiger partial charge in [-0.2, -0.15) is 14.0 Å². The van der Waals surface area contributed by atoms with Gasteiger partial charge < -0.3 is 9.84 Å². The normalized spacial score (nSPS) is 10.6. The monoisotopic (exact) mass is 227 g/mol. The van der Waals surface area contributed by atoms with Gasteiger partial charge in [-0.25, -0.2) is 4.79 Å². The van der Waals surface area contributed by atoms with Crippen LogP contribution >= 0.6 is 0 Å². The number of halogens is 2. The largest absolute Gasteiger partial charge is 0.501 e. The van der Waals surface area contributed by atoms with Crippen LogP contribution in [0.1, 0.15) is 11.1 Å². The first-order valence-corrected chi connectivity index (χ1v) is 4.18. The van der Waals surface area contributed by atoms with Gasteiger partial charge >= 0.3 is 12.1 Å². The van der Waals surface area contributed by atoms with Gasteiger partial charge in [-0.15, -0.1) is 0 Å². The number of rotatable bonds is 3. The van der Waals surface area contributed by atoms with Crippen LogP contribution in [-0.2, 0) is 4.79 Å². The van der Waals surface area contributed by atoms with Gasteiger partial charge in [0.05, 0.1) is 11.6 Å². The number of alkyl halides is 2. The summed E-state index contributed by atoms with van der Waals surface area (Å²) in [6.07, 6.45) is -4.31. The van der Waals surface area contributed by atoms with Gasteiger partial charge in [-0.1, -0.05) is 6.07 Å². The first-order chi connectivity index (χ1) is 7.36. The molecule has 6 heteroatoms. The van der Waals surface area contributed by atoms with Gasteiger partial charge in [-0.3, -0.25) is 0 Å². The summed E-state index contributed by atoms with van der Waals surface area (Å²) in [6.45, 7) is 1.47. The molecule has 0 saturated carbocycles. The van der Waals surface area contributed by atoms with E-state index in [4.69, 9.17) is 10.4 Å². The number of carbonyl (C=O) groups is 1. The molecular formula is C10H7F2NO3. The summed E-state index contributed by atoms with van der Waals surface area (Å²) in [6, 6.07) is 5.61. The average molecular weight is 227 g/mol. The summed E-state index contributed by atoms with van der Waals surface area (Å²) in [5.41, 5.74) is 0.432. The molecule has 0 aromatic heterocycles. The number of benzene rings is 1. The summed E-state index contributed by atoms with van der Waals surface area (Å²) in [5, 5.41) is 16.7. The molecule has 0 amide bonds. The van der Waals surface area contributed by atoms with E-state index in [9.17, 15) is 13.6 Å². The highest BCUT2D eigenvalue weighted by atomic mass is 19.3. The van der Waals surface area contributed by atoms with Crippen molar-refractivity contribution in [3.63, 3.8) is 0 Å². The Morgan fingerprint density at radius 3 is 2.69 bits per heavy atom. The molecule has 1 aromatic carbocycles. The molecule has 16 heavy (non-hydrogen) atoms. The van der Waals surface area contributed by atoms with Crippen LogP contribution in [0.25, 0.3) is 0 Å². The molecule has 0 fully saturated rings. The van der Waals surface area contributed by atoms with Crippen molar-refractivity contribution in [2.24, 2.45) is 0 Å². The van der Waals surface area contributed by atoms with Crippen molar-refractivity contribution < 1.29 is 23.4 Å². The Morgan fingerprint density at radius 1 is 1.56 bits per heavy atom. The van der Waals surface area contributed by atoms with Crippen LogP contribution in [0.5, 0.6) is 5.75 Å². The van der Waals surface area contributed by atoms with Crippen LogP contribution < -0.4 is 4.74 Å². The van der Waals surface area contributed by atoms with E-state index in [-0.39, 0.29) is 11.3 Å². The molecule has 4 nitrogen and oxygen atoms in total. The van der Waals surface area contributed by atoms with Gasteiger partial charge in [0.25, 0.3) is 0 Å². The summed E-state index contributed by atoms with van der Waals surface area (Å²) in [4.78, 5) is 10.2. The quantitative estimate of drug-likeness (QED) is 0.856. The third kappa shape index (κ3) is 2.45. The van der Waals surface area contributed by atoms with E-state index in [0.29, 0.717) is 5.56 Å². The van der Waals surface area contributed by atoms with Crippen LogP contribution in [0.15, 0.2) is 18.2 Å². The maximum absolute atomic E-state index is 12.7. The fourth-order valence-electron chi connectivity index (χ4n) is 0.961. The van der Waals surface area contributed by atoms with Crippen molar-refractivity contribution in [3.05, 3.63) is 29.3 Å². The van der Waals surface area contributed by atoms with Crippen LogP contribution in [-0.4, -0.2) is 17.2 Å². The van der Waals surface area contributed by atoms with E-state index in [0.717, 1.165) is 6.07 Å². The van der Waals surface area contributed by atoms with Gasteiger partial charge in [0.15, 0.2) is 0 Å². The SMILES string of the molecule is Cc1ccc(C#N)cc1OC(F)(F)C(=O)O. The third-order valence-corrected chi connectivity index (χ3v) is 1.80. The Morgan fingerprint density at radius 2 is 2.19 bits per heavy atom. The number of carboxylic acids is 1. The molecule has 0 bridgehead atoms. The molecule has 1 rings (SSSR count). The minimum absolute atomic E-state index is 0.113. The Bertz CT molecular complexity index is 466. The van der Waals surface area contributed by atoms with Crippen LogP contribution in [0, 0.1) is 18.3 Å². The van der Waals surface area contributed by atoms with E-state index < -0.39 is 12.1 Å². The predicted molar refractivity (Wildman–Crippen MR) is 49.1 cm³/mol.